The maximum Gasteiger partial charge on any atom is 0.190 e. The summed E-state index contributed by atoms with van der Waals surface area (Å²) in [6.07, 6.45) is 1.01. The smallest absolute Gasteiger partial charge is 0.190 e. The first kappa shape index (κ1) is 16.2. The van der Waals surface area contributed by atoms with Gasteiger partial charge in [-0.3, -0.25) is 4.99 Å². The molecule has 0 unspecified atom stereocenters. The Hall–Kier alpha value is -0.770. The second-order valence-electron chi connectivity index (χ2n) is 5.10. The van der Waals surface area contributed by atoms with E-state index in [1.54, 1.807) is 7.05 Å². The maximum atomic E-state index is 5.51. The zero-order valence-electron chi connectivity index (χ0n) is 12.0. The predicted molar refractivity (Wildman–Crippen MR) is 74.5 cm³/mol. The first-order chi connectivity index (χ1) is 8.06. The second kappa shape index (κ2) is 10.4. The molecule has 0 atom stereocenters. The van der Waals surface area contributed by atoms with E-state index in [1.165, 1.54) is 0 Å². The molecule has 2 N–H and O–H groups in total. The molecule has 102 valence electrons. The Morgan fingerprint density at radius 2 is 1.82 bits per heavy atom. The van der Waals surface area contributed by atoms with Crippen molar-refractivity contribution < 1.29 is 4.74 Å². The lowest BCUT2D eigenvalue weighted by Gasteiger charge is -2.13. The van der Waals surface area contributed by atoms with Gasteiger partial charge in [0, 0.05) is 33.4 Å². The highest BCUT2D eigenvalue weighted by atomic mass is 16.5. The van der Waals surface area contributed by atoms with E-state index in [0.717, 1.165) is 38.7 Å². The summed E-state index contributed by atoms with van der Waals surface area (Å²) in [6.45, 7) is 12.2. The van der Waals surface area contributed by atoms with Crippen LogP contribution >= 0.6 is 0 Å². The Morgan fingerprint density at radius 3 is 2.35 bits per heavy atom. The predicted octanol–water partition coefficient (Wildman–Crippen LogP) is 1.87. The number of nitrogens with zero attached hydrogens (tertiary/aromatic N) is 1. The molecule has 0 aromatic heterocycles. The largest absolute Gasteiger partial charge is 0.381 e. The van der Waals surface area contributed by atoms with Crippen LogP contribution in [0.2, 0.25) is 0 Å². The average molecular weight is 243 g/mol. The van der Waals surface area contributed by atoms with E-state index in [-0.39, 0.29) is 0 Å². The van der Waals surface area contributed by atoms with Crippen LogP contribution in [0.3, 0.4) is 0 Å². The van der Waals surface area contributed by atoms with Crippen molar-refractivity contribution in [1.82, 2.24) is 10.6 Å². The highest BCUT2D eigenvalue weighted by Crippen LogP contribution is 1.93. The summed E-state index contributed by atoms with van der Waals surface area (Å²) in [6, 6.07) is 0. The molecule has 17 heavy (non-hydrogen) atoms. The molecule has 0 spiro atoms. The molecule has 0 rings (SSSR count). The molecule has 0 aliphatic carbocycles. The van der Waals surface area contributed by atoms with Crippen molar-refractivity contribution in [2.24, 2.45) is 16.8 Å². The van der Waals surface area contributed by atoms with Gasteiger partial charge in [-0.25, -0.2) is 0 Å². The summed E-state index contributed by atoms with van der Waals surface area (Å²) in [4.78, 5) is 4.16. The molecule has 0 saturated carbocycles. The van der Waals surface area contributed by atoms with Crippen molar-refractivity contribution >= 4 is 5.96 Å². The van der Waals surface area contributed by atoms with Crippen LogP contribution in [0.25, 0.3) is 0 Å². The number of nitrogens with one attached hydrogen (secondary N) is 2. The van der Waals surface area contributed by atoms with Crippen molar-refractivity contribution in [1.29, 1.82) is 0 Å². The van der Waals surface area contributed by atoms with Crippen molar-refractivity contribution in [3.8, 4) is 0 Å². The van der Waals surface area contributed by atoms with E-state index in [4.69, 9.17) is 4.74 Å². The molecular formula is C13H29N3O. The van der Waals surface area contributed by atoms with E-state index >= 15 is 0 Å². The van der Waals surface area contributed by atoms with Crippen molar-refractivity contribution in [2.75, 3.05) is 33.4 Å². The Bertz CT molecular complexity index is 203. The Kier molecular flexibility index (Phi) is 9.92. The molecule has 0 amide bonds. The minimum atomic E-state index is 0.614. The monoisotopic (exact) mass is 243 g/mol. The summed E-state index contributed by atoms with van der Waals surface area (Å²) < 4.78 is 5.51. The number of ether oxygens (including phenoxy) is 1. The Morgan fingerprint density at radius 1 is 1.12 bits per heavy atom. The number of hydrogen-bond donors (Lipinski definition) is 2. The highest BCUT2D eigenvalue weighted by molar-refractivity contribution is 5.79. The number of rotatable bonds is 8. The van der Waals surface area contributed by atoms with E-state index in [2.05, 4.69) is 43.3 Å². The lowest BCUT2D eigenvalue weighted by molar-refractivity contribution is 0.108. The SMILES string of the molecule is CN=C(NCCCOCC(C)C)NCC(C)C. The van der Waals surface area contributed by atoms with Gasteiger partial charge in [-0.15, -0.1) is 0 Å². The van der Waals surface area contributed by atoms with Gasteiger partial charge in [0.15, 0.2) is 5.96 Å². The molecule has 0 saturated heterocycles. The molecule has 0 heterocycles. The third-order valence-corrected chi connectivity index (χ3v) is 2.11. The highest BCUT2D eigenvalue weighted by Gasteiger charge is 1.98. The van der Waals surface area contributed by atoms with E-state index in [1.807, 2.05) is 0 Å². The summed E-state index contributed by atoms with van der Waals surface area (Å²) >= 11 is 0. The van der Waals surface area contributed by atoms with Crippen LogP contribution in [0.4, 0.5) is 0 Å². The van der Waals surface area contributed by atoms with Crippen LogP contribution in [0.5, 0.6) is 0 Å². The van der Waals surface area contributed by atoms with Gasteiger partial charge in [-0.05, 0) is 18.3 Å². The number of guanidine groups is 1. The summed E-state index contributed by atoms with van der Waals surface area (Å²) in [5.74, 6) is 2.12. The van der Waals surface area contributed by atoms with Gasteiger partial charge in [0.25, 0.3) is 0 Å². The molecule has 4 nitrogen and oxygen atoms in total. The molecule has 0 aromatic rings. The second-order valence-corrected chi connectivity index (χ2v) is 5.10. The molecule has 0 fully saturated rings. The van der Waals surface area contributed by atoms with Gasteiger partial charge >= 0.3 is 0 Å². The molecular weight excluding hydrogens is 214 g/mol. The zero-order valence-corrected chi connectivity index (χ0v) is 12.0. The van der Waals surface area contributed by atoms with Gasteiger partial charge in [0.05, 0.1) is 0 Å². The van der Waals surface area contributed by atoms with Gasteiger partial charge in [-0.2, -0.15) is 0 Å². The normalized spacial score (nSPS) is 12.3. The first-order valence-electron chi connectivity index (χ1n) is 6.58. The maximum absolute atomic E-state index is 5.51. The Labute approximate surface area is 106 Å². The quantitative estimate of drug-likeness (QED) is 0.389. The molecule has 0 aliphatic heterocycles. The van der Waals surface area contributed by atoms with Crippen molar-refractivity contribution in [2.45, 2.75) is 34.1 Å². The zero-order chi connectivity index (χ0) is 13.1. The van der Waals surface area contributed by atoms with Crippen LogP contribution in [-0.2, 0) is 4.74 Å². The molecule has 4 heteroatoms. The molecule has 0 aromatic carbocycles. The van der Waals surface area contributed by atoms with Gasteiger partial charge < -0.3 is 15.4 Å². The number of hydrogen-bond acceptors (Lipinski definition) is 2. The van der Waals surface area contributed by atoms with Crippen molar-refractivity contribution in [3.05, 3.63) is 0 Å². The lowest BCUT2D eigenvalue weighted by Crippen LogP contribution is -2.39. The van der Waals surface area contributed by atoms with Crippen LogP contribution in [0, 0.1) is 11.8 Å². The Balaban J connectivity index is 3.44. The van der Waals surface area contributed by atoms with Crippen LogP contribution in [0.1, 0.15) is 34.1 Å². The van der Waals surface area contributed by atoms with E-state index in [9.17, 15) is 0 Å². The third-order valence-electron chi connectivity index (χ3n) is 2.11. The van der Waals surface area contributed by atoms with Crippen LogP contribution < -0.4 is 10.6 Å². The standard InChI is InChI=1S/C13H29N3O/c1-11(2)9-16-13(14-5)15-7-6-8-17-10-12(3)4/h11-12H,6-10H2,1-5H3,(H2,14,15,16). The molecule has 0 bridgehead atoms. The minimum Gasteiger partial charge on any atom is -0.381 e. The lowest BCUT2D eigenvalue weighted by atomic mass is 10.2. The van der Waals surface area contributed by atoms with Gasteiger partial charge in [0.2, 0.25) is 0 Å². The summed E-state index contributed by atoms with van der Waals surface area (Å²) in [7, 11) is 1.80. The van der Waals surface area contributed by atoms with Crippen LogP contribution in [0.15, 0.2) is 4.99 Å². The van der Waals surface area contributed by atoms with Gasteiger partial charge in [-0.1, -0.05) is 27.7 Å². The fourth-order valence-corrected chi connectivity index (χ4v) is 1.22. The van der Waals surface area contributed by atoms with Crippen molar-refractivity contribution in [3.63, 3.8) is 0 Å². The van der Waals surface area contributed by atoms with Crippen LogP contribution in [-0.4, -0.2) is 39.3 Å². The summed E-state index contributed by atoms with van der Waals surface area (Å²) in [5.41, 5.74) is 0. The van der Waals surface area contributed by atoms with E-state index in [0.29, 0.717) is 11.8 Å². The average Bonchev–Trinajstić information content (AvgIpc) is 2.26. The molecule has 0 radical (unpaired) electrons. The summed E-state index contributed by atoms with van der Waals surface area (Å²) in [5, 5.41) is 6.55. The van der Waals surface area contributed by atoms with E-state index < -0.39 is 0 Å². The fourth-order valence-electron chi connectivity index (χ4n) is 1.22. The number of aliphatic imine (C=N–C) groups is 1. The topological polar surface area (TPSA) is 45.7 Å². The first-order valence-corrected chi connectivity index (χ1v) is 6.58. The minimum absolute atomic E-state index is 0.614. The molecule has 0 aliphatic rings. The fraction of sp³-hybridized carbons (Fsp3) is 0.923. The van der Waals surface area contributed by atoms with Gasteiger partial charge in [0.1, 0.15) is 0 Å². The third kappa shape index (κ3) is 11.5.